The van der Waals surface area contributed by atoms with Gasteiger partial charge < -0.3 is 40.4 Å². The van der Waals surface area contributed by atoms with E-state index < -0.39 is 18.7 Å². The van der Waals surface area contributed by atoms with Crippen molar-refractivity contribution < 1.29 is 29.3 Å². The lowest BCUT2D eigenvalue weighted by molar-refractivity contribution is 0.00940. The average Bonchev–Trinajstić information content (AvgIpc) is 3.42. The zero-order chi connectivity index (χ0) is 29.4. The first kappa shape index (κ1) is 30.0. The smallest absolute Gasteiger partial charge is 0.339 e. The van der Waals surface area contributed by atoms with E-state index in [1.54, 1.807) is 37.3 Å². The molecule has 0 radical (unpaired) electrons. The maximum absolute atomic E-state index is 11.8. The molecule has 6 N–H and O–H groups in total. The van der Waals surface area contributed by atoms with E-state index in [4.69, 9.17) is 37.5 Å². The molecule has 14 heteroatoms. The summed E-state index contributed by atoms with van der Waals surface area (Å²) in [5.41, 5.74) is 1.35. The Labute approximate surface area is 245 Å². The van der Waals surface area contributed by atoms with Crippen molar-refractivity contribution >= 4 is 52.2 Å². The van der Waals surface area contributed by atoms with Gasteiger partial charge in [0.25, 0.3) is 0 Å². The van der Waals surface area contributed by atoms with Crippen molar-refractivity contribution in [2.75, 3.05) is 42.3 Å². The van der Waals surface area contributed by atoms with Crippen LogP contribution < -0.4 is 16.0 Å². The fraction of sp³-hybridized carbons (Fsp3) is 0.259. The topological polar surface area (TPSA) is 175 Å². The van der Waals surface area contributed by atoms with Crippen molar-refractivity contribution in [2.45, 2.75) is 19.6 Å². The van der Waals surface area contributed by atoms with Crippen molar-refractivity contribution in [3.05, 3.63) is 76.0 Å². The molecule has 3 aromatic heterocycles. The van der Waals surface area contributed by atoms with Crippen LogP contribution in [-0.2, 0) is 11.3 Å². The van der Waals surface area contributed by atoms with E-state index in [-0.39, 0.29) is 31.0 Å². The third-order valence-corrected chi connectivity index (χ3v) is 6.24. The van der Waals surface area contributed by atoms with Crippen molar-refractivity contribution in [3.8, 4) is 11.3 Å². The Morgan fingerprint density at radius 3 is 2.71 bits per heavy atom. The third kappa shape index (κ3) is 8.06. The van der Waals surface area contributed by atoms with Crippen molar-refractivity contribution in [1.29, 1.82) is 0 Å². The number of aromatic carboxylic acids is 1. The summed E-state index contributed by atoms with van der Waals surface area (Å²) >= 11 is 12.5. The van der Waals surface area contributed by atoms with Gasteiger partial charge in [-0.15, -0.1) is 0 Å². The van der Waals surface area contributed by atoms with Crippen LogP contribution in [0.1, 0.15) is 21.9 Å². The monoisotopic (exact) mass is 602 g/mol. The summed E-state index contributed by atoms with van der Waals surface area (Å²) in [7, 11) is 0. The first-order chi connectivity index (χ1) is 19.7. The lowest BCUT2D eigenvalue weighted by Crippen LogP contribution is -2.22. The Kier molecular flexibility index (Phi) is 10.3. The van der Waals surface area contributed by atoms with E-state index >= 15 is 0 Å². The quantitative estimate of drug-likeness (QED) is 0.111. The molecule has 3 heterocycles. The molecule has 1 aromatic carbocycles. The molecule has 0 spiro atoms. The molecule has 1 unspecified atom stereocenters. The molecular weight excluding hydrogens is 575 g/mol. The highest BCUT2D eigenvalue weighted by atomic mass is 35.5. The van der Waals surface area contributed by atoms with Crippen LogP contribution >= 0.6 is 23.2 Å². The standard InChI is InChI=1S/C27H28Cl2N6O6/c1-15-33-25(31-8-9-40-14-17(37)13-36)24(26(34-15)35-22-6-7-30-12-20(22)27(38)39)32-11-18-3-5-23(41-18)19-10-16(28)2-4-21(19)29/h2-7,10,12,17,32,36-37H,8-9,11,13-14H2,1H3,(H,38,39)(H2,30,31,33,34,35). The van der Waals surface area contributed by atoms with Crippen LogP contribution in [-0.4, -0.2) is 68.7 Å². The highest BCUT2D eigenvalue weighted by Crippen LogP contribution is 2.34. The summed E-state index contributed by atoms with van der Waals surface area (Å²) in [4.78, 5) is 24.7. The van der Waals surface area contributed by atoms with Crippen molar-refractivity contribution in [1.82, 2.24) is 15.0 Å². The van der Waals surface area contributed by atoms with E-state index in [0.717, 1.165) is 0 Å². The molecule has 4 rings (SSSR count). The number of aryl methyl sites for hydroxylation is 1. The van der Waals surface area contributed by atoms with E-state index in [2.05, 4.69) is 30.9 Å². The minimum atomic E-state index is -1.15. The fourth-order valence-electron chi connectivity index (χ4n) is 3.75. The van der Waals surface area contributed by atoms with E-state index in [1.807, 2.05) is 0 Å². The molecule has 0 aliphatic heterocycles. The summed E-state index contributed by atoms with van der Waals surface area (Å²) in [6.45, 7) is 2.04. The first-order valence-electron chi connectivity index (χ1n) is 12.5. The van der Waals surface area contributed by atoms with Gasteiger partial charge in [-0.25, -0.2) is 14.8 Å². The number of hydrogen-bond donors (Lipinski definition) is 6. The van der Waals surface area contributed by atoms with E-state index in [0.29, 0.717) is 56.8 Å². The maximum atomic E-state index is 11.8. The Morgan fingerprint density at radius 2 is 1.93 bits per heavy atom. The largest absolute Gasteiger partial charge is 0.478 e. The van der Waals surface area contributed by atoms with Gasteiger partial charge in [0.1, 0.15) is 34.7 Å². The van der Waals surface area contributed by atoms with Gasteiger partial charge in [-0.2, -0.15) is 0 Å². The molecule has 0 saturated heterocycles. The highest BCUT2D eigenvalue weighted by Gasteiger charge is 2.18. The summed E-state index contributed by atoms with van der Waals surface area (Å²) in [6.07, 6.45) is 1.75. The second-order valence-electron chi connectivity index (χ2n) is 8.78. The number of nitrogens with zero attached hydrogens (tertiary/aromatic N) is 3. The van der Waals surface area contributed by atoms with Crippen LogP contribution in [0.25, 0.3) is 11.3 Å². The number of carboxylic acid groups (broad SMARTS) is 1. The van der Waals surface area contributed by atoms with Gasteiger partial charge in [0.2, 0.25) is 0 Å². The molecule has 0 saturated carbocycles. The van der Waals surface area contributed by atoms with Gasteiger partial charge in [0.15, 0.2) is 11.6 Å². The molecule has 1 atom stereocenters. The lowest BCUT2D eigenvalue weighted by Gasteiger charge is -2.18. The minimum absolute atomic E-state index is 0.0175. The number of nitrogens with one attached hydrogen (secondary N) is 3. The summed E-state index contributed by atoms with van der Waals surface area (Å²) in [5.74, 6) is 1.11. The Balaban J connectivity index is 1.59. The second-order valence-corrected chi connectivity index (χ2v) is 9.62. The van der Waals surface area contributed by atoms with Crippen molar-refractivity contribution in [2.24, 2.45) is 0 Å². The van der Waals surface area contributed by atoms with Gasteiger partial charge in [0.05, 0.1) is 37.1 Å². The van der Waals surface area contributed by atoms with Crippen LogP contribution in [0.4, 0.5) is 23.0 Å². The minimum Gasteiger partial charge on any atom is -0.478 e. The zero-order valence-electron chi connectivity index (χ0n) is 21.9. The molecule has 4 aromatic rings. The number of benzene rings is 1. The molecule has 0 bridgehead atoms. The number of carboxylic acids is 1. The number of pyridine rings is 1. The Morgan fingerprint density at radius 1 is 1.12 bits per heavy atom. The maximum Gasteiger partial charge on any atom is 0.339 e. The summed E-state index contributed by atoms with van der Waals surface area (Å²) in [5, 5.41) is 38.6. The molecule has 41 heavy (non-hydrogen) atoms. The van der Waals surface area contributed by atoms with Crippen LogP contribution in [0.3, 0.4) is 0 Å². The first-order valence-corrected chi connectivity index (χ1v) is 13.2. The number of aromatic nitrogens is 3. The number of rotatable bonds is 14. The SMILES string of the molecule is Cc1nc(NCCOCC(O)CO)c(NCc2ccc(-c3cc(Cl)ccc3Cl)o2)c(Nc2ccncc2C(=O)O)n1. The summed E-state index contributed by atoms with van der Waals surface area (Å²) in [6, 6.07) is 10.2. The summed E-state index contributed by atoms with van der Waals surface area (Å²) < 4.78 is 11.4. The molecule has 12 nitrogen and oxygen atoms in total. The van der Waals surface area contributed by atoms with E-state index in [1.165, 1.54) is 18.5 Å². The predicted molar refractivity (Wildman–Crippen MR) is 155 cm³/mol. The molecule has 0 aliphatic rings. The normalized spacial score (nSPS) is 11.7. The zero-order valence-corrected chi connectivity index (χ0v) is 23.4. The molecular formula is C27H28Cl2N6O6. The van der Waals surface area contributed by atoms with Gasteiger partial charge >= 0.3 is 5.97 Å². The molecule has 0 fully saturated rings. The number of hydrogen-bond acceptors (Lipinski definition) is 11. The lowest BCUT2D eigenvalue weighted by atomic mass is 10.2. The Bertz CT molecular complexity index is 1500. The highest BCUT2D eigenvalue weighted by molar-refractivity contribution is 6.35. The van der Waals surface area contributed by atoms with Crippen LogP contribution in [0.15, 0.2) is 53.2 Å². The number of ether oxygens (including phenoxy) is 1. The van der Waals surface area contributed by atoms with Crippen LogP contribution in [0.2, 0.25) is 10.0 Å². The third-order valence-electron chi connectivity index (χ3n) is 5.68. The molecule has 0 amide bonds. The molecule has 216 valence electrons. The molecule has 0 aliphatic carbocycles. The number of aliphatic hydroxyl groups excluding tert-OH is 2. The van der Waals surface area contributed by atoms with Gasteiger partial charge in [-0.1, -0.05) is 23.2 Å². The van der Waals surface area contributed by atoms with Gasteiger partial charge in [-0.05, 0) is 43.3 Å². The predicted octanol–water partition coefficient (Wildman–Crippen LogP) is 4.58. The second kappa shape index (κ2) is 14.1. The Hall–Kier alpha value is -3.94. The van der Waals surface area contributed by atoms with Gasteiger partial charge in [0, 0.05) is 29.5 Å². The van der Waals surface area contributed by atoms with Gasteiger partial charge in [-0.3, -0.25) is 4.98 Å². The van der Waals surface area contributed by atoms with Crippen molar-refractivity contribution in [3.63, 3.8) is 0 Å². The number of halogens is 2. The average molecular weight is 603 g/mol. The fourth-order valence-corrected chi connectivity index (χ4v) is 4.14. The number of furan rings is 1. The van der Waals surface area contributed by atoms with Crippen LogP contribution in [0, 0.1) is 6.92 Å². The number of carbonyl (C=O) groups is 1. The number of aliphatic hydroxyl groups is 2. The number of anilines is 4. The van der Waals surface area contributed by atoms with E-state index in [9.17, 15) is 15.0 Å². The van der Waals surface area contributed by atoms with Crippen LogP contribution in [0.5, 0.6) is 0 Å².